The number of benzene rings is 2. The largest absolute Gasteiger partial charge is 0.495 e. The first kappa shape index (κ1) is 25.0. The fourth-order valence-electron chi connectivity index (χ4n) is 3.66. The highest BCUT2D eigenvalue weighted by Crippen LogP contribution is 2.25. The summed E-state index contributed by atoms with van der Waals surface area (Å²) in [6.07, 6.45) is 0.128. The van der Waals surface area contributed by atoms with Gasteiger partial charge in [-0.25, -0.2) is 4.79 Å². The molecule has 1 saturated heterocycles. The molecule has 9 nitrogen and oxygen atoms in total. The van der Waals surface area contributed by atoms with Gasteiger partial charge in [0.05, 0.1) is 25.7 Å². The van der Waals surface area contributed by atoms with E-state index in [9.17, 15) is 19.2 Å². The molecule has 2 aromatic rings. The topological polar surface area (TPSA) is 123 Å². The lowest BCUT2D eigenvalue weighted by Gasteiger charge is -2.29. The highest BCUT2D eigenvalue weighted by molar-refractivity contribution is 6.32. The second-order valence-electron chi connectivity index (χ2n) is 7.83. The SMILES string of the molecule is COC(=O)[C@@H](Cc1ccc(OC)c(Cl)c1)NC(=O)C[C@@H]1NC(=O)[C@H](Cc2ccccc2)NC1=O. The van der Waals surface area contributed by atoms with E-state index in [1.54, 1.807) is 18.2 Å². The van der Waals surface area contributed by atoms with E-state index in [0.717, 1.165) is 5.56 Å². The van der Waals surface area contributed by atoms with Crippen LogP contribution in [-0.4, -0.2) is 56.0 Å². The van der Waals surface area contributed by atoms with Crippen LogP contribution < -0.4 is 20.7 Å². The van der Waals surface area contributed by atoms with Gasteiger partial charge in [0, 0.05) is 12.8 Å². The van der Waals surface area contributed by atoms with E-state index in [1.165, 1.54) is 14.2 Å². The van der Waals surface area contributed by atoms with E-state index in [2.05, 4.69) is 16.0 Å². The molecule has 180 valence electrons. The summed E-state index contributed by atoms with van der Waals surface area (Å²) in [5.41, 5.74) is 1.58. The van der Waals surface area contributed by atoms with Crippen molar-refractivity contribution in [3.05, 3.63) is 64.7 Å². The molecule has 34 heavy (non-hydrogen) atoms. The molecule has 3 atom stereocenters. The number of hydrogen-bond donors (Lipinski definition) is 3. The van der Waals surface area contributed by atoms with Crippen molar-refractivity contribution < 1.29 is 28.7 Å². The monoisotopic (exact) mass is 487 g/mol. The molecule has 0 spiro atoms. The van der Waals surface area contributed by atoms with Gasteiger partial charge in [0.15, 0.2) is 0 Å². The van der Waals surface area contributed by atoms with Gasteiger partial charge in [-0.15, -0.1) is 0 Å². The first-order valence-electron chi connectivity index (χ1n) is 10.6. The van der Waals surface area contributed by atoms with Crippen LogP contribution in [0.3, 0.4) is 0 Å². The highest BCUT2D eigenvalue weighted by Gasteiger charge is 2.35. The van der Waals surface area contributed by atoms with Crippen LogP contribution in [0.5, 0.6) is 5.75 Å². The molecular formula is C24H26ClN3O6. The Labute approximate surface area is 202 Å². The maximum atomic E-state index is 12.6. The minimum atomic E-state index is -1.05. The summed E-state index contributed by atoms with van der Waals surface area (Å²) in [7, 11) is 2.70. The average molecular weight is 488 g/mol. The smallest absolute Gasteiger partial charge is 0.328 e. The van der Waals surface area contributed by atoms with E-state index >= 15 is 0 Å². The van der Waals surface area contributed by atoms with Crippen LogP contribution in [-0.2, 0) is 36.8 Å². The van der Waals surface area contributed by atoms with Gasteiger partial charge in [-0.1, -0.05) is 48.0 Å². The Morgan fingerprint density at radius 1 is 1.00 bits per heavy atom. The quantitative estimate of drug-likeness (QED) is 0.456. The first-order valence-corrected chi connectivity index (χ1v) is 11.0. The second kappa shape index (κ2) is 11.5. The normalized spacial score (nSPS) is 18.3. The molecule has 1 fully saturated rings. The summed E-state index contributed by atoms with van der Waals surface area (Å²) < 4.78 is 9.92. The van der Waals surface area contributed by atoms with Crippen molar-refractivity contribution in [3.63, 3.8) is 0 Å². The van der Waals surface area contributed by atoms with Crippen molar-refractivity contribution in [1.29, 1.82) is 0 Å². The number of rotatable bonds is 9. The van der Waals surface area contributed by atoms with Crippen molar-refractivity contribution in [2.24, 2.45) is 0 Å². The number of amides is 3. The molecular weight excluding hydrogens is 462 g/mol. The van der Waals surface area contributed by atoms with Gasteiger partial charge in [0.25, 0.3) is 0 Å². The van der Waals surface area contributed by atoms with Crippen LogP contribution in [0.1, 0.15) is 17.5 Å². The van der Waals surface area contributed by atoms with Gasteiger partial charge in [-0.05, 0) is 23.3 Å². The van der Waals surface area contributed by atoms with Gasteiger partial charge in [-0.3, -0.25) is 14.4 Å². The van der Waals surface area contributed by atoms with Crippen LogP contribution in [0.4, 0.5) is 0 Å². The molecule has 0 radical (unpaired) electrons. The summed E-state index contributed by atoms with van der Waals surface area (Å²) in [6.45, 7) is 0. The van der Waals surface area contributed by atoms with Crippen LogP contribution >= 0.6 is 11.6 Å². The summed E-state index contributed by atoms with van der Waals surface area (Å²) in [4.78, 5) is 49.9. The molecule has 3 N–H and O–H groups in total. The van der Waals surface area contributed by atoms with Gasteiger partial charge in [0.1, 0.15) is 23.9 Å². The van der Waals surface area contributed by atoms with E-state index in [-0.39, 0.29) is 18.7 Å². The highest BCUT2D eigenvalue weighted by atomic mass is 35.5. The fourth-order valence-corrected chi connectivity index (χ4v) is 3.94. The Balaban J connectivity index is 1.59. The molecule has 1 heterocycles. The van der Waals surface area contributed by atoms with Crippen molar-refractivity contribution in [3.8, 4) is 5.75 Å². The lowest BCUT2D eigenvalue weighted by atomic mass is 10.0. The molecule has 0 bridgehead atoms. The number of methoxy groups -OCH3 is 2. The number of nitrogens with one attached hydrogen (secondary N) is 3. The van der Waals surface area contributed by atoms with Gasteiger partial charge in [0.2, 0.25) is 17.7 Å². The minimum Gasteiger partial charge on any atom is -0.495 e. The molecule has 1 aliphatic heterocycles. The average Bonchev–Trinajstić information content (AvgIpc) is 2.82. The zero-order valence-corrected chi connectivity index (χ0v) is 19.6. The molecule has 3 amide bonds. The summed E-state index contributed by atoms with van der Waals surface area (Å²) in [5.74, 6) is -1.60. The van der Waals surface area contributed by atoms with Crippen molar-refractivity contribution in [1.82, 2.24) is 16.0 Å². The van der Waals surface area contributed by atoms with Crippen LogP contribution in [0.15, 0.2) is 48.5 Å². The molecule has 0 aromatic heterocycles. The minimum absolute atomic E-state index is 0.116. The summed E-state index contributed by atoms with van der Waals surface area (Å²) >= 11 is 6.14. The Morgan fingerprint density at radius 3 is 2.32 bits per heavy atom. The predicted molar refractivity (Wildman–Crippen MR) is 124 cm³/mol. The maximum Gasteiger partial charge on any atom is 0.328 e. The Kier molecular flexibility index (Phi) is 8.48. The zero-order chi connectivity index (χ0) is 24.7. The number of esters is 1. The van der Waals surface area contributed by atoms with Crippen LogP contribution in [0, 0.1) is 0 Å². The van der Waals surface area contributed by atoms with Crippen LogP contribution in [0.2, 0.25) is 5.02 Å². The third-order valence-corrected chi connectivity index (χ3v) is 5.71. The number of carbonyl (C=O) groups excluding carboxylic acids is 4. The van der Waals surface area contributed by atoms with E-state index in [4.69, 9.17) is 21.1 Å². The zero-order valence-electron chi connectivity index (χ0n) is 18.8. The third-order valence-electron chi connectivity index (χ3n) is 5.42. The maximum absolute atomic E-state index is 12.6. The summed E-state index contributed by atoms with van der Waals surface area (Å²) in [5, 5.41) is 8.20. The van der Waals surface area contributed by atoms with Crippen molar-refractivity contribution >= 4 is 35.3 Å². The predicted octanol–water partition coefficient (Wildman–Crippen LogP) is 1.16. The van der Waals surface area contributed by atoms with Crippen LogP contribution in [0.25, 0.3) is 0 Å². The van der Waals surface area contributed by atoms with E-state index < -0.39 is 35.9 Å². The Morgan fingerprint density at radius 2 is 1.68 bits per heavy atom. The lowest BCUT2D eigenvalue weighted by molar-refractivity contribution is -0.145. The van der Waals surface area contributed by atoms with E-state index in [1.807, 2.05) is 30.3 Å². The molecule has 10 heteroatoms. The summed E-state index contributed by atoms with van der Waals surface area (Å²) in [6, 6.07) is 11.5. The number of carbonyl (C=O) groups is 4. The lowest BCUT2D eigenvalue weighted by Crippen LogP contribution is -2.63. The third kappa shape index (κ3) is 6.48. The molecule has 0 saturated carbocycles. The number of ether oxygens (including phenoxy) is 2. The van der Waals surface area contributed by atoms with Gasteiger partial charge < -0.3 is 25.4 Å². The standard InChI is InChI=1S/C24H26ClN3O6/c1-33-20-9-8-15(10-16(20)25)12-19(24(32)34-2)26-21(29)13-18-23(31)27-17(22(30)28-18)11-14-6-4-3-5-7-14/h3-10,17-19H,11-13H2,1-2H3,(H,26,29)(H,27,31)(H,28,30)/t17-,18-,19+/m0/s1. The van der Waals surface area contributed by atoms with Crippen molar-refractivity contribution in [2.45, 2.75) is 37.4 Å². The molecule has 0 unspecified atom stereocenters. The number of hydrogen-bond acceptors (Lipinski definition) is 6. The fraction of sp³-hybridized carbons (Fsp3) is 0.333. The number of piperazine rings is 1. The first-order chi connectivity index (χ1) is 16.3. The molecule has 0 aliphatic carbocycles. The molecule has 1 aliphatic rings. The number of halogens is 1. The van der Waals surface area contributed by atoms with Gasteiger partial charge in [-0.2, -0.15) is 0 Å². The van der Waals surface area contributed by atoms with Gasteiger partial charge >= 0.3 is 5.97 Å². The molecule has 2 aromatic carbocycles. The molecule has 3 rings (SSSR count). The van der Waals surface area contributed by atoms with Crippen molar-refractivity contribution in [2.75, 3.05) is 14.2 Å². The van der Waals surface area contributed by atoms with E-state index in [0.29, 0.717) is 22.8 Å². The Bertz CT molecular complexity index is 1060. The Hall–Kier alpha value is -3.59. The second-order valence-corrected chi connectivity index (χ2v) is 8.24.